The van der Waals surface area contributed by atoms with E-state index in [0.717, 1.165) is 18.7 Å². The van der Waals surface area contributed by atoms with Crippen LogP contribution >= 0.6 is 0 Å². The number of rotatable bonds is 7. The number of methoxy groups -OCH3 is 1. The van der Waals surface area contributed by atoms with E-state index in [1.807, 2.05) is 0 Å². The van der Waals surface area contributed by atoms with Gasteiger partial charge in [-0.1, -0.05) is 32.6 Å². The maximum atomic E-state index is 13.8. The number of carbonyl (C=O) groups is 3. The first kappa shape index (κ1) is 29.1. The van der Waals surface area contributed by atoms with E-state index in [1.54, 1.807) is 0 Å². The lowest BCUT2D eigenvalue weighted by Crippen LogP contribution is -2.57. The fourth-order valence-corrected chi connectivity index (χ4v) is 7.56. The molecule has 3 atom stereocenters. The van der Waals surface area contributed by atoms with Crippen molar-refractivity contribution in [1.29, 1.82) is 0 Å². The Hall–Kier alpha value is -3.37. The van der Waals surface area contributed by atoms with Gasteiger partial charge in [-0.25, -0.2) is 0 Å². The van der Waals surface area contributed by atoms with Gasteiger partial charge in [0.05, 0.1) is 12.7 Å². The first-order valence-corrected chi connectivity index (χ1v) is 14.6. The lowest BCUT2D eigenvalue weighted by molar-refractivity contribution is -0.144. The van der Waals surface area contributed by atoms with E-state index in [9.17, 15) is 34.8 Å². The highest BCUT2D eigenvalue weighted by atomic mass is 16.5. The number of ketones is 2. The van der Waals surface area contributed by atoms with Crippen molar-refractivity contribution >= 4 is 17.5 Å². The Morgan fingerprint density at radius 3 is 2.41 bits per heavy atom. The molecule has 222 valence electrons. The summed E-state index contributed by atoms with van der Waals surface area (Å²) in [5.41, 5.74) is 2.97. The second-order valence-corrected chi connectivity index (χ2v) is 12.0. The molecule has 1 amide bonds. The summed E-state index contributed by atoms with van der Waals surface area (Å²) in [6.07, 6.45) is 7.51. The minimum Gasteiger partial charge on any atom is -0.511 e. The first-order valence-electron chi connectivity index (χ1n) is 14.6. The molecule has 41 heavy (non-hydrogen) atoms. The average molecular weight is 569 g/mol. The number of phenolic OH excluding ortho intramolecular Hbond substituents is 1. The van der Waals surface area contributed by atoms with Crippen LogP contribution in [0.25, 0.3) is 0 Å². The molecule has 0 heterocycles. The number of hydrogen-bond donors (Lipinski definition) is 5. The zero-order chi connectivity index (χ0) is 29.6. The third-order valence-electron chi connectivity index (χ3n) is 9.63. The third kappa shape index (κ3) is 4.80. The number of aliphatic hydroxyl groups is 3. The normalized spacial score (nSPS) is 26.9. The van der Waals surface area contributed by atoms with Crippen LogP contribution in [0.1, 0.15) is 79.8 Å². The van der Waals surface area contributed by atoms with E-state index in [0.29, 0.717) is 23.8 Å². The number of ether oxygens (including phenoxy) is 1. The van der Waals surface area contributed by atoms with E-state index >= 15 is 0 Å². The van der Waals surface area contributed by atoms with Crippen molar-refractivity contribution in [2.45, 2.75) is 76.9 Å². The van der Waals surface area contributed by atoms with Crippen LogP contribution in [0.3, 0.4) is 0 Å². The van der Waals surface area contributed by atoms with Crippen LogP contribution in [0.2, 0.25) is 0 Å². The first-order chi connectivity index (χ1) is 19.5. The Morgan fingerprint density at radius 2 is 1.80 bits per heavy atom. The molecule has 1 fully saturated rings. The van der Waals surface area contributed by atoms with Crippen LogP contribution in [0.4, 0.5) is 0 Å². The topological polar surface area (TPSA) is 171 Å². The molecule has 0 radical (unpaired) electrons. The highest BCUT2D eigenvalue weighted by molar-refractivity contribution is 6.24. The van der Waals surface area contributed by atoms with Gasteiger partial charge in [0.2, 0.25) is 5.78 Å². The van der Waals surface area contributed by atoms with Crippen LogP contribution in [0.5, 0.6) is 11.5 Å². The maximum Gasteiger partial charge on any atom is 0.255 e. The van der Waals surface area contributed by atoms with Crippen molar-refractivity contribution in [2.24, 2.45) is 23.5 Å². The Bertz CT molecular complexity index is 1340. The number of fused-ring (bicyclic) bond motifs is 3. The van der Waals surface area contributed by atoms with Gasteiger partial charge >= 0.3 is 0 Å². The summed E-state index contributed by atoms with van der Waals surface area (Å²) in [6, 6.07) is 1.53. The Morgan fingerprint density at radius 1 is 1.12 bits per heavy atom. The largest absolute Gasteiger partial charge is 0.511 e. The molecular formula is C31H40N2O8. The van der Waals surface area contributed by atoms with Gasteiger partial charge in [0, 0.05) is 42.1 Å². The summed E-state index contributed by atoms with van der Waals surface area (Å²) >= 11 is 0. The molecule has 10 heteroatoms. The zero-order valence-corrected chi connectivity index (χ0v) is 23.7. The molecule has 1 aromatic rings. The minimum atomic E-state index is -2.57. The fraction of sp³-hybridized carbons (Fsp3) is 0.581. The molecule has 10 nitrogen and oxygen atoms in total. The van der Waals surface area contributed by atoms with Gasteiger partial charge in [0.1, 0.15) is 28.6 Å². The van der Waals surface area contributed by atoms with Crippen molar-refractivity contribution in [3.05, 3.63) is 45.4 Å². The number of Topliss-reactive ketones (excluding diaryl/α,β-unsaturated/α-hetero) is 2. The Kier molecular flexibility index (Phi) is 7.91. The number of carbonyl (C=O) groups excluding carboxylic acids is 3. The van der Waals surface area contributed by atoms with Gasteiger partial charge in [-0.05, 0) is 50.1 Å². The highest BCUT2D eigenvalue weighted by Crippen LogP contribution is 2.52. The van der Waals surface area contributed by atoms with Crippen molar-refractivity contribution < 1.29 is 39.5 Å². The summed E-state index contributed by atoms with van der Waals surface area (Å²) < 4.78 is 5.84. The summed E-state index contributed by atoms with van der Waals surface area (Å²) in [5, 5.41) is 44.1. The second-order valence-electron chi connectivity index (χ2n) is 12.0. The molecule has 0 aromatic heterocycles. The number of allylic oxidation sites excluding steroid dienone is 2. The Balaban J connectivity index is 1.51. The number of nitrogens with two attached hydrogens (primary N) is 1. The van der Waals surface area contributed by atoms with Gasteiger partial charge < -0.3 is 30.9 Å². The van der Waals surface area contributed by atoms with E-state index in [1.165, 1.54) is 51.7 Å². The van der Waals surface area contributed by atoms with E-state index < -0.39 is 52.0 Å². The average Bonchev–Trinajstić information content (AvgIpc) is 3.18. The predicted octanol–water partition coefficient (Wildman–Crippen LogP) is 3.38. The number of benzene rings is 1. The molecule has 1 saturated carbocycles. The summed E-state index contributed by atoms with van der Waals surface area (Å²) in [6.45, 7) is 4.40. The molecule has 1 unspecified atom stereocenters. The molecular weight excluding hydrogens is 528 g/mol. The fourth-order valence-electron chi connectivity index (χ4n) is 7.56. The molecule has 0 bridgehead atoms. The van der Waals surface area contributed by atoms with Gasteiger partial charge in [0.15, 0.2) is 11.4 Å². The number of nitrogens with zero attached hydrogens (tertiary/aromatic N) is 1. The molecule has 4 aliphatic carbocycles. The smallest absolute Gasteiger partial charge is 0.255 e. The number of aromatic hydroxyl groups is 1. The van der Waals surface area contributed by atoms with Gasteiger partial charge in [0.25, 0.3) is 5.91 Å². The van der Waals surface area contributed by atoms with Crippen LogP contribution < -0.4 is 10.5 Å². The molecule has 5 rings (SSSR count). The SMILES string of the molecule is CCN(Cc1cc(O)c2c(c1OC)CC1C[C@H]3CC(O)=C(C(N)=O)C(=O)[C@@]3(O)C(O)=C1C2=O)CC1CCCCCC1. The molecule has 4 aliphatic rings. The second kappa shape index (κ2) is 11.1. The monoisotopic (exact) mass is 568 g/mol. The van der Waals surface area contributed by atoms with Crippen molar-refractivity contribution in [2.75, 3.05) is 20.2 Å². The number of aliphatic hydroxyl groups excluding tert-OH is 2. The molecule has 0 saturated heterocycles. The Labute approximate surface area is 239 Å². The highest BCUT2D eigenvalue weighted by Gasteiger charge is 2.59. The molecule has 0 aliphatic heterocycles. The van der Waals surface area contributed by atoms with E-state index in [-0.39, 0.29) is 36.1 Å². The van der Waals surface area contributed by atoms with Crippen LogP contribution in [0, 0.1) is 17.8 Å². The molecule has 6 N–H and O–H groups in total. The summed E-state index contributed by atoms with van der Waals surface area (Å²) in [5.74, 6) is -5.27. The van der Waals surface area contributed by atoms with Crippen molar-refractivity contribution in [1.82, 2.24) is 4.90 Å². The molecule has 1 aromatic carbocycles. The quantitative estimate of drug-likeness (QED) is 0.244. The lowest BCUT2D eigenvalue weighted by atomic mass is 9.60. The third-order valence-corrected chi connectivity index (χ3v) is 9.63. The van der Waals surface area contributed by atoms with E-state index in [2.05, 4.69) is 11.8 Å². The van der Waals surface area contributed by atoms with Crippen LogP contribution in [-0.2, 0) is 22.6 Å². The van der Waals surface area contributed by atoms with Crippen molar-refractivity contribution in [3.8, 4) is 11.5 Å². The van der Waals surface area contributed by atoms with E-state index in [4.69, 9.17) is 10.5 Å². The van der Waals surface area contributed by atoms with Gasteiger partial charge in [-0.3, -0.25) is 19.3 Å². The van der Waals surface area contributed by atoms with Crippen LogP contribution in [-0.4, -0.2) is 68.6 Å². The standard InChI is InChI=1S/C31H40N2O8/c1-3-33(14-16-8-6-4-5-7-9-16)15-18-12-21(34)24-20(27(18)41-2)11-17-10-19-13-22(35)25(30(32)39)29(38)31(19,40)28(37)23(17)26(24)36/h12,16-17,19,34-35,37,40H,3-11,13-15H2,1-2H3,(H2,32,39)/t17?,19-,31-/m0/s1. The lowest BCUT2D eigenvalue weighted by Gasteiger charge is -2.45. The molecule has 0 spiro atoms. The summed E-state index contributed by atoms with van der Waals surface area (Å²) in [7, 11) is 1.53. The zero-order valence-electron chi connectivity index (χ0n) is 23.7. The van der Waals surface area contributed by atoms with Crippen molar-refractivity contribution in [3.63, 3.8) is 0 Å². The van der Waals surface area contributed by atoms with Gasteiger partial charge in [-0.2, -0.15) is 0 Å². The number of primary amides is 1. The minimum absolute atomic E-state index is 0.0333. The van der Waals surface area contributed by atoms with Crippen LogP contribution in [0.15, 0.2) is 28.7 Å². The number of phenols is 1. The number of hydrogen-bond acceptors (Lipinski definition) is 9. The predicted molar refractivity (Wildman–Crippen MR) is 150 cm³/mol. The van der Waals surface area contributed by atoms with Gasteiger partial charge in [-0.15, -0.1) is 0 Å². The number of amides is 1. The maximum absolute atomic E-state index is 13.8. The summed E-state index contributed by atoms with van der Waals surface area (Å²) in [4.78, 5) is 41.1.